The number of hydrogen-bond acceptors (Lipinski definition) is 3. The highest BCUT2D eigenvalue weighted by Crippen LogP contribution is 2.25. The Morgan fingerprint density at radius 2 is 2.06 bits per heavy atom. The highest BCUT2D eigenvalue weighted by Gasteiger charge is 2.09. The van der Waals surface area contributed by atoms with Crippen LogP contribution in [0.3, 0.4) is 0 Å². The van der Waals surface area contributed by atoms with Crippen molar-refractivity contribution in [2.45, 2.75) is 6.54 Å². The van der Waals surface area contributed by atoms with E-state index in [2.05, 4.69) is 10.1 Å². The Hall–Kier alpha value is -1.91. The number of rotatable bonds is 2. The summed E-state index contributed by atoms with van der Waals surface area (Å²) in [4.78, 5) is 4.46. The molecular formula is C13H11ClN4. The summed E-state index contributed by atoms with van der Waals surface area (Å²) < 4.78 is 1.72. The summed E-state index contributed by atoms with van der Waals surface area (Å²) in [5.41, 5.74) is 8.23. The predicted octanol–water partition coefficient (Wildman–Crippen LogP) is 2.51. The summed E-state index contributed by atoms with van der Waals surface area (Å²) in [6, 6.07) is 11.4. The van der Waals surface area contributed by atoms with Crippen molar-refractivity contribution in [2.24, 2.45) is 5.73 Å². The normalized spacial score (nSPS) is 11.0. The van der Waals surface area contributed by atoms with Crippen LogP contribution in [-0.4, -0.2) is 14.6 Å². The Bertz CT molecular complexity index is 705. The van der Waals surface area contributed by atoms with E-state index in [1.165, 1.54) is 0 Å². The van der Waals surface area contributed by atoms with Crippen molar-refractivity contribution in [1.29, 1.82) is 0 Å². The number of benzene rings is 1. The second-order valence-corrected chi connectivity index (χ2v) is 4.36. The first kappa shape index (κ1) is 11.2. The molecule has 5 heteroatoms. The zero-order valence-corrected chi connectivity index (χ0v) is 10.3. The summed E-state index contributed by atoms with van der Waals surface area (Å²) in [7, 11) is 0. The molecule has 4 nitrogen and oxygen atoms in total. The second kappa shape index (κ2) is 4.40. The highest BCUT2D eigenvalue weighted by atomic mass is 35.5. The minimum Gasteiger partial charge on any atom is -0.326 e. The SMILES string of the molecule is NCc1ccn2nc(-c3ccccc3Cl)nc2c1. The van der Waals surface area contributed by atoms with Crippen LogP contribution in [0.4, 0.5) is 0 Å². The van der Waals surface area contributed by atoms with Gasteiger partial charge >= 0.3 is 0 Å². The van der Waals surface area contributed by atoms with Crippen molar-refractivity contribution in [3.05, 3.63) is 53.2 Å². The van der Waals surface area contributed by atoms with Gasteiger partial charge in [-0.1, -0.05) is 23.7 Å². The Morgan fingerprint density at radius 3 is 2.83 bits per heavy atom. The molecule has 2 heterocycles. The standard InChI is InChI=1S/C13H11ClN4/c14-11-4-2-1-3-10(11)13-16-12-7-9(8-15)5-6-18(12)17-13/h1-7H,8,15H2. The average Bonchev–Trinajstić information content (AvgIpc) is 2.81. The lowest BCUT2D eigenvalue weighted by atomic mass is 10.2. The summed E-state index contributed by atoms with van der Waals surface area (Å²) in [5.74, 6) is 0.620. The first-order chi connectivity index (χ1) is 8.78. The van der Waals surface area contributed by atoms with E-state index in [1.54, 1.807) is 4.52 Å². The summed E-state index contributed by atoms with van der Waals surface area (Å²) in [6.45, 7) is 0.491. The average molecular weight is 259 g/mol. The summed E-state index contributed by atoms with van der Waals surface area (Å²) in [6.07, 6.45) is 1.85. The van der Waals surface area contributed by atoms with E-state index in [1.807, 2.05) is 42.6 Å². The number of halogens is 1. The van der Waals surface area contributed by atoms with Gasteiger partial charge in [0.15, 0.2) is 11.5 Å². The highest BCUT2D eigenvalue weighted by molar-refractivity contribution is 6.33. The molecule has 0 aliphatic heterocycles. The lowest BCUT2D eigenvalue weighted by molar-refractivity contribution is 0.951. The van der Waals surface area contributed by atoms with Crippen LogP contribution in [0.1, 0.15) is 5.56 Å². The van der Waals surface area contributed by atoms with Gasteiger partial charge in [0.1, 0.15) is 0 Å². The molecule has 0 unspecified atom stereocenters. The van der Waals surface area contributed by atoms with Crippen molar-refractivity contribution in [3.63, 3.8) is 0 Å². The molecule has 0 saturated heterocycles. The molecule has 0 saturated carbocycles. The maximum Gasteiger partial charge on any atom is 0.183 e. The van der Waals surface area contributed by atoms with Gasteiger partial charge in [0, 0.05) is 18.3 Å². The van der Waals surface area contributed by atoms with E-state index in [9.17, 15) is 0 Å². The molecule has 0 amide bonds. The lowest BCUT2D eigenvalue weighted by Crippen LogP contribution is -1.97. The van der Waals surface area contributed by atoms with E-state index in [0.29, 0.717) is 17.4 Å². The van der Waals surface area contributed by atoms with E-state index in [4.69, 9.17) is 17.3 Å². The van der Waals surface area contributed by atoms with Crippen LogP contribution in [0.5, 0.6) is 0 Å². The molecule has 0 aliphatic rings. The van der Waals surface area contributed by atoms with Crippen molar-refractivity contribution < 1.29 is 0 Å². The first-order valence-electron chi connectivity index (χ1n) is 5.58. The molecule has 0 fully saturated rings. The van der Waals surface area contributed by atoms with E-state index < -0.39 is 0 Å². The zero-order valence-electron chi connectivity index (χ0n) is 9.55. The zero-order chi connectivity index (χ0) is 12.5. The van der Waals surface area contributed by atoms with Gasteiger partial charge in [0.25, 0.3) is 0 Å². The third kappa shape index (κ3) is 1.85. The van der Waals surface area contributed by atoms with Crippen molar-refractivity contribution in [2.75, 3.05) is 0 Å². The number of nitrogens with zero attached hydrogens (tertiary/aromatic N) is 3. The number of fused-ring (bicyclic) bond motifs is 1. The smallest absolute Gasteiger partial charge is 0.183 e. The largest absolute Gasteiger partial charge is 0.326 e. The van der Waals surface area contributed by atoms with Crippen LogP contribution in [0, 0.1) is 0 Å². The van der Waals surface area contributed by atoms with Crippen LogP contribution in [-0.2, 0) is 6.54 Å². The van der Waals surface area contributed by atoms with E-state index in [0.717, 1.165) is 16.8 Å². The number of hydrogen-bond donors (Lipinski definition) is 1. The molecule has 0 radical (unpaired) electrons. The van der Waals surface area contributed by atoms with Crippen LogP contribution in [0.2, 0.25) is 5.02 Å². The molecule has 3 aromatic rings. The topological polar surface area (TPSA) is 56.2 Å². The molecule has 3 rings (SSSR count). The maximum atomic E-state index is 6.14. The molecule has 0 atom stereocenters. The van der Waals surface area contributed by atoms with Gasteiger partial charge in [0.2, 0.25) is 0 Å². The van der Waals surface area contributed by atoms with Gasteiger partial charge in [-0.15, -0.1) is 5.10 Å². The van der Waals surface area contributed by atoms with Crippen LogP contribution < -0.4 is 5.73 Å². The lowest BCUT2D eigenvalue weighted by Gasteiger charge is -1.96. The van der Waals surface area contributed by atoms with Gasteiger partial charge in [-0.2, -0.15) is 0 Å². The molecular weight excluding hydrogens is 248 g/mol. The van der Waals surface area contributed by atoms with E-state index in [-0.39, 0.29) is 0 Å². The van der Waals surface area contributed by atoms with Crippen molar-refractivity contribution in [3.8, 4) is 11.4 Å². The Kier molecular flexibility index (Phi) is 2.74. The maximum absolute atomic E-state index is 6.14. The Labute approximate surface area is 109 Å². The minimum atomic E-state index is 0.491. The fourth-order valence-electron chi connectivity index (χ4n) is 1.81. The first-order valence-corrected chi connectivity index (χ1v) is 5.96. The minimum absolute atomic E-state index is 0.491. The third-order valence-electron chi connectivity index (χ3n) is 2.75. The fraction of sp³-hybridized carbons (Fsp3) is 0.0769. The third-order valence-corrected chi connectivity index (χ3v) is 3.08. The predicted molar refractivity (Wildman–Crippen MR) is 71.3 cm³/mol. The molecule has 0 aliphatic carbocycles. The van der Waals surface area contributed by atoms with Crippen molar-refractivity contribution in [1.82, 2.24) is 14.6 Å². The van der Waals surface area contributed by atoms with Crippen LogP contribution >= 0.6 is 11.6 Å². The fourth-order valence-corrected chi connectivity index (χ4v) is 2.03. The van der Waals surface area contributed by atoms with Gasteiger partial charge in [0.05, 0.1) is 5.02 Å². The Balaban J connectivity index is 2.17. The summed E-state index contributed by atoms with van der Waals surface area (Å²) >= 11 is 6.14. The second-order valence-electron chi connectivity index (χ2n) is 3.96. The van der Waals surface area contributed by atoms with Crippen molar-refractivity contribution >= 4 is 17.2 Å². The van der Waals surface area contributed by atoms with Crippen LogP contribution in [0.25, 0.3) is 17.0 Å². The number of nitrogens with two attached hydrogens (primary N) is 1. The molecule has 1 aromatic carbocycles. The molecule has 0 bridgehead atoms. The van der Waals surface area contributed by atoms with Gasteiger partial charge in [-0.3, -0.25) is 0 Å². The molecule has 2 N–H and O–H groups in total. The van der Waals surface area contributed by atoms with Crippen LogP contribution in [0.15, 0.2) is 42.6 Å². The molecule has 0 spiro atoms. The number of pyridine rings is 1. The van der Waals surface area contributed by atoms with Gasteiger partial charge in [-0.05, 0) is 29.8 Å². The Morgan fingerprint density at radius 1 is 1.22 bits per heavy atom. The molecule has 2 aromatic heterocycles. The number of aromatic nitrogens is 3. The van der Waals surface area contributed by atoms with Gasteiger partial charge in [-0.25, -0.2) is 9.50 Å². The molecule has 90 valence electrons. The van der Waals surface area contributed by atoms with Gasteiger partial charge < -0.3 is 5.73 Å². The molecule has 18 heavy (non-hydrogen) atoms. The summed E-state index contributed by atoms with van der Waals surface area (Å²) in [5, 5.41) is 5.05. The van der Waals surface area contributed by atoms with E-state index >= 15 is 0 Å². The quantitative estimate of drug-likeness (QED) is 0.768. The monoisotopic (exact) mass is 258 g/mol.